The van der Waals surface area contributed by atoms with Crippen molar-refractivity contribution in [1.82, 2.24) is 0 Å². The highest BCUT2D eigenvalue weighted by atomic mass is 19.4. The van der Waals surface area contributed by atoms with E-state index in [0.29, 0.717) is 12.1 Å². The molecule has 18 heavy (non-hydrogen) atoms. The number of halogens is 6. The molecule has 0 saturated carbocycles. The molecule has 1 aromatic rings. The number of benzene rings is 1. The molecule has 0 amide bonds. The van der Waals surface area contributed by atoms with Crippen molar-refractivity contribution in [2.75, 3.05) is 0 Å². The van der Waals surface area contributed by atoms with Gasteiger partial charge in [-0.15, -0.1) is 0 Å². The lowest BCUT2D eigenvalue weighted by atomic mass is 10.0. The van der Waals surface area contributed by atoms with Gasteiger partial charge in [0.1, 0.15) is 0 Å². The summed E-state index contributed by atoms with van der Waals surface area (Å²) in [7, 11) is 0. The van der Waals surface area contributed by atoms with Crippen LogP contribution in [0.3, 0.4) is 0 Å². The molecule has 0 N–H and O–H groups in total. The molecule has 1 aromatic carbocycles. The van der Waals surface area contributed by atoms with E-state index in [-0.39, 0.29) is 11.6 Å². The van der Waals surface area contributed by atoms with E-state index in [2.05, 4.69) is 6.58 Å². The highest BCUT2D eigenvalue weighted by Crippen LogP contribution is 2.36. The minimum absolute atomic E-state index is 0.0764. The van der Waals surface area contributed by atoms with Crippen molar-refractivity contribution < 1.29 is 26.3 Å². The van der Waals surface area contributed by atoms with Crippen LogP contribution in [0.25, 0.3) is 6.08 Å². The Morgan fingerprint density at radius 2 is 1.17 bits per heavy atom. The van der Waals surface area contributed by atoms with Crippen molar-refractivity contribution in [3.63, 3.8) is 0 Å². The molecule has 102 valence electrons. The van der Waals surface area contributed by atoms with Gasteiger partial charge in [-0.05, 0) is 23.8 Å². The van der Waals surface area contributed by atoms with Gasteiger partial charge in [-0.2, -0.15) is 26.3 Å². The zero-order valence-corrected chi connectivity index (χ0v) is 9.78. The molecule has 6 heteroatoms. The Bertz CT molecular complexity index is 368. The van der Waals surface area contributed by atoms with Crippen LogP contribution in [0.2, 0.25) is 0 Å². The normalized spacial score (nSPS) is 11.6. The summed E-state index contributed by atoms with van der Waals surface area (Å²) in [4.78, 5) is 0. The number of hydrogen-bond donors (Lipinski definition) is 0. The van der Waals surface area contributed by atoms with Crippen LogP contribution in [-0.2, 0) is 12.4 Å². The maximum atomic E-state index is 12.3. The fraction of sp³-hybridized carbons (Fsp3) is 0.333. The first-order chi connectivity index (χ1) is 8.14. The fourth-order valence-electron chi connectivity index (χ4n) is 1.10. The average molecular weight is 270 g/mol. The molecule has 0 spiro atoms. The summed E-state index contributed by atoms with van der Waals surface area (Å²) in [5, 5.41) is 0. The summed E-state index contributed by atoms with van der Waals surface area (Å²) in [5.41, 5.74) is -2.89. The Morgan fingerprint density at radius 1 is 0.833 bits per heavy atom. The van der Waals surface area contributed by atoms with Crippen LogP contribution in [0.4, 0.5) is 26.3 Å². The first-order valence-corrected chi connectivity index (χ1v) is 5.06. The molecule has 0 atom stereocenters. The maximum absolute atomic E-state index is 12.3. The molecule has 0 heterocycles. The Labute approximate surface area is 101 Å². The van der Waals surface area contributed by atoms with Crippen molar-refractivity contribution in [3.05, 3.63) is 41.5 Å². The monoisotopic (exact) mass is 270 g/mol. The van der Waals surface area contributed by atoms with E-state index < -0.39 is 23.5 Å². The Hall–Kier alpha value is -1.46. The number of alkyl halides is 6. The summed E-state index contributed by atoms with van der Waals surface area (Å²) in [5.74, 6) is 0. The van der Waals surface area contributed by atoms with Crippen molar-refractivity contribution in [2.24, 2.45) is 0 Å². The lowest BCUT2D eigenvalue weighted by Gasteiger charge is -2.12. The van der Waals surface area contributed by atoms with E-state index in [9.17, 15) is 26.3 Å². The van der Waals surface area contributed by atoms with Gasteiger partial charge in [-0.3, -0.25) is 0 Å². The molecule has 0 aromatic heterocycles. The van der Waals surface area contributed by atoms with E-state index in [1.54, 1.807) is 0 Å². The number of hydrogen-bond acceptors (Lipinski definition) is 0. The zero-order valence-electron chi connectivity index (χ0n) is 9.78. The summed E-state index contributed by atoms with van der Waals surface area (Å²) in [6.45, 7) is 7.14. The molecular weight excluding hydrogens is 258 g/mol. The predicted octanol–water partition coefficient (Wildman–Crippen LogP) is 5.39. The zero-order chi connectivity index (χ0) is 14.6. The Kier molecular flexibility index (Phi) is 5.45. The number of rotatable bonds is 1. The smallest absolute Gasteiger partial charge is 0.166 e. The van der Waals surface area contributed by atoms with Gasteiger partial charge in [-0.1, -0.05) is 26.5 Å². The van der Waals surface area contributed by atoms with Crippen LogP contribution in [0.1, 0.15) is 30.5 Å². The molecule has 0 aliphatic carbocycles. The van der Waals surface area contributed by atoms with Gasteiger partial charge in [0.15, 0.2) is 0 Å². The van der Waals surface area contributed by atoms with Crippen molar-refractivity contribution in [1.29, 1.82) is 0 Å². The minimum Gasteiger partial charge on any atom is -0.166 e. The second-order valence-electron chi connectivity index (χ2n) is 3.04. The van der Waals surface area contributed by atoms with Gasteiger partial charge in [0.25, 0.3) is 0 Å². The van der Waals surface area contributed by atoms with E-state index in [4.69, 9.17) is 0 Å². The Morgan fingerprint density at radius 3 is 1.39 bits per heavy atom. The predicted molar refractivity (Wildman–Crippen MR) is 57.9 cm³/mol. The molecule has 0 aliphatic rings. The van der Waals surface area contributed by atoms with E-state index in [1.165, 1.54) is 0 Å². The molecule has 0 radical (unpaired) electrons. The highest BCUT2D eigenvalue weighted by molar-refractivity contribution is 5.51. The van der Waals surface area contributed by atoms with Crippen molar-refractivity contribution in [3.8, 4) is 0 Å². The summed E-state index contributed by atoms with van der Waals surface area (Å²) in [6.07, 6.45) is -8.68. The first kappa shape index (κ1) is 16.5. The van der Waals surface area contributed by atoms with Gasteiger partial charge < -0.3 is 0 Å². The molecule has 0 bridgehead atoms. The molecule has 0 unspecified atom stereocenters. The molecule has 0 nitrogen and oxygen atoms in total. The van der Waals surface area contributed by atoms with Gasteiger partial charge in [0, 0.05) is 0 Å². The third-order valence-electron chi connectivity index (χ3n) is 1.85. The molecule has 0 saturated heterocycles. The standard InChI is InChI=1S/C10H6F6.C2H6/c1-2-6-3-7(9(11,12)13)5-8(4-6)10(14,15)16;1-2/h2-5H,1H2;1-2H3. The second kappa shape index (κ2) is 5.93. The minimum atomic E-state index is -4.81. The van der Waals surface area contributed by atoms with Crippen LogP contribution in [0.5, 0.6) is 0 Å². The summed E-state index contributed by atoms with van der Waals surface area (Å²) >= 11 is 0. The van der Waals surface area contributed by atoms with Crippen molar-refractivity contribution in [2.45, 2.75) is 26.2 Å². The van der Waals surface area contributed by atoms with Crippen molar-refractivity contribution >= 4 is 6.08 Å². The van der Waals surface area contributed by atoms with E-state index in [0.717, 1.165) is 6.08 Å². The quantitative estimate of drug-likeness (QED) is 0.600. The van der Waals surface area contributed by atoms with E-state index >= 15 is 0 Å². The van der Waals surface area contributed by atoms with Gasteiger partial charge >= 0.3 is 12.4 Å². The third-order valence-corrected chi connectivity index (χ3v) is 1.85. The fourth-order valence-corrected chi connectivity index (χ4v) is 1.10. The van der Waals surface area contributed by atoms with Crippen LogP contribution >= 0.6 is 0 Å². The van der Waals surface area contributed by atoms with Crippen LogP contribution in [0.15, 0.2) is 24.8 Å². The van der Waals surface area contributed by atoms with Gasteiger partial charge in [0.2, 0.25) is 0 Å². The van der Waals surface area contributed by atoms with Gasteiger partial charge in [-0.25, -0.2) is 0 Å². The SMILES string of the molecule is C=Cc1cc(C(F)(F)F)cc(C(F)(F)F)c1.CC. The lowest BCUT2D eigenvalue weighted by Crippen LogP contribution is -2.11. The Balaban J connectivity index is 0.00000137. The molecule has 1 rings (SSSR count). The average Bonchev–Trinajstić information content (AvgIpc) is 2.29. The topological polar surface area (TPSA) is 0 Å². The van der Waals surface area contributed by atoms with Crippen LogP contribution < -0.4 is 0 Å². The maximum Gasteiger partial charge on any atom is 0.416 e. The second-order valence-corrected chi connectivity index (χ2v) is 3.04. The molecule has 0 fully saturated rings. The lowest BCUT2D eigenvalue weighted by molar-refractivity contribution is -0.143. The highest BCUT2D eigenvalue weighted by Gasteiger charge is 2.36. The third kappa shape index (κ3) is 4.43. The van der Waals surface area contributed by atoms with Gasteiger partial charge in [0.05, 0.1) is 11.1 Å². The largest absolute Gasteiger partial charge is 0.416 e. The first-order valence-electron chi connectivity index (χ1n) is 5.06. The summed E-state index contributed by atoms with van der Waals surface area (Å²) in [6, 6.07) is 1.30. The molecule has 0 aliphatic heterocycles. The van der Waals surface area contributed by atoms with Crippen LogP contribution in [-0.4, -0.2) is 0 Å². The van der Waals surface area contributed by atoms with Crippen LogP contribution in [0, 0.1) is 0 Å². The van der Waals surface area contributed by atoms with E-state index in [1.807, 2.05) is 13.8 Å². The molecular formula is C12H12F6. The summed E-state index contributed by atoms with van der Waals surface area (Å²) < 4.78 is 73.6.